The van der Waals surface area contributed by atoms with Crippen molar-refractivity contribution in [1.29, 1.82) is 0 Å². The Hall–Kier alpha value is -0.420. The number of allylic oxidation sites excluding steroid dienone is 1. The Morgan fingerprint density at radius 3 is 2.55 bits per heavy atom. The first-order valence-electron chi connectivity index (χ1n) is 13.2. The molecule has 2 heterocycles. The normalized spacial score (nSPS) is 59.0. The molecule has 174 valence electrons. The summed E-state index contributed by atoms with van der Waals surface area (Å²) in [5, 5.41) is 33.5. The molecule has 31 heavy (non-hydrogen) atoms. The van der Waals surface area contributed by atoms with Crippen molar-refractivity contribution in [1.82, 2.24) is 4.90 Å². The first-order valence-corrected chi connectivity index (χ1v) is 13.2. The monoisotopic (exact) mass is 429 g/mol. The molecule has 0 aromatic carbocycles. The molecule has 4 nitrogen and oxygen atoms in total. The van der Waals surface area contributed by atoms with E-state index in [4.69, 9.17) is 0 Å². The maximum atomic E-state index is 11.8. The molecule has 2 aliphatic heterocycles. The molecule has 5 fully saturated rings. The number of aliphatic hydroxyl groups is 3. The Bertz CT molecular complexity index is 764. The molecule has 0 amide bonds. The molecule has 0 unspecified atom stereocenters. The standard InChI is InChI=1S/C27H43NO3/c1-15-4-7-24-27(3,31)25-21(14-28(24)13-15)19-11-22-18(20(19)12-23(25)30)6-5-16-10-17(29)8-9-26(16,22)2/h5,15,17-25,29-31H,4,6-14H2,1-3H3/t15-,17-,18+,19+,20-,21+,22-,23+,24-,25-,26+,27-/m0/s1. The highest BCUT2D eigenvalue weighted by Crippen LogP contribution is 2.66. The molecule has 6 aliphatic rings. The van der Waals surface area contributed by atoms with Gasteiger partial charge in [-0.3, -0.25) is 4.90 Å². The fraction of sp³-hybridized carbons (Fsp3) is 0.926. The molecular formula is C27H43NO3. The Morgan fingerprint density at radius 2 is 1.74 bits per heavy atom. The minimum Gasteiger partial charge on any atom is -0.393 e. The number of nitrogens with zero attached hydrogens (tertiary/aromatic N) is 1. The van der Waals surface area contributed by atoms with Gasteiger partial charge in [-0.05, 0) is 99.2 Å². The van der Waals surface area contributed by atoms with Gasteiger partial charge in [0.2, 0.25) is 0 Å². The summed E-state index contributed by atoms with van der Waals surface area (Å²) in [5.74, 6) is 3.73. The first kappa shape index (κ1) is 21.1. The van der Waals surface area contributed by atoms with Crippen molar-refractivity contribution in [2.24, 2.45) is 46.8 Å². The summed E-state index contributed by atoms with van der Waals surface area (Å²) in [6.07, 6.45) is 10.4. The van der Waals surface area contributed by atoms with Gasteiger partial charge < -0.3 is 15.3 Å². The lowest BCUT2D eigenvalue weighted by atomic mass is 9.55. The van der Waals surface area contributed by atoms with Crippen molar-refractivity contribution in [2.75, 3.05) is 13.1 Å². The van der Waals surface area contributed by atoms with Crippen LogP contribution in [0, 0.1) is 46.8 Å². The highest BCUT2D eigenvalue weighted by molar-refractivity contribution is 5.26. The van der Waals surface area contributed by atoms with Crippen LogP contribution in [-0.2, 0) is 0 Å². The maximum Gasteiger partial charge on any atom is 0.0830 e. The molecule has 0 radical (unpaired) electrons. The Labute approximate surface area is 188 Å². The van der Waals surface area contributed by atoms with Crippen molar-refractivity contribution in [3.63, 3.8) is 0 Å². The summed E-state index contributed by atoms with van der Waals surface area (Å²) < 4.78 is 0. The van der Waals surface area contributed by atoms with E-state index in [0.717, 1.165) is 51.6 Å². The van der Waals surface area contributed by atoms with Crippen LogP contribution in [0.4, 0.5) is 0 Å². The van der Waals surface area contributed by atoms with E-state index in [9.17, 15) is 15.3 Å². The zero-order valence-corrected chi connectivity index (χ0v) is 19.7. The lowest BCUT2D eigenvalue weighted by Crippen LogP contribution is -2.69. The van der Waals surface area contributed by atoms with Gasteiger partial charge in [-0.2, -0.15) is 0 Å². The average molecular weight is 430 g/mol. The Kier molecular flexibility index (Phi) is 4.80. The third-order valence-electron chi connectivity index (χ3n) is 11.4. The van der Waals surface area contributed by atoms with Gasteiger partial charge in [0, 0.05) is 25.0 Å². The molecule has 0 aromatic rings. The molecule has 0 bridgehead atoms. The van der Waals surface area contributed by atoms with Crippen LogP contribution < -0.4 is 0 Å². The Balaban J connectivity index is 1.32. The van der Waals surface area contributed by atoms with E-state index in [1.54, 1.807) is 0 Å². The third-order valence-corrected chi connectivity index (χ3v) is 11.4. The van der Waals surface area contributed by atoms with Crippen molar-refractivity contribution < 1.29 is 15.3 Å². The SMILES string of the molecule is C[C@H]1CC[C@@H]2N(C1)C[C@@H]1[C@@H]3C[C@H]4[C@H](CC=C5C[C@@H](O)CC[C@]54C)[C@@H]3C[C@@H](O)[C@H]1[C@@]2(C)O. The van der Waals surface area contributed by atoms with Crippen LogP contribution >= 0.6 is 0 Å². The van der Waals surface area contributed by atoms with E-state index in [1.165, 1.54) is 18.4 Å². The summed E-state index contributed by atoms with van der Waals surface area (Å²) in [6, 6.07) is 0.213. The molecule has 3 N–H and O–H groups in total. The van der Waals surface area contributed by atoms with Gasteiger partial charge in [-0.15, -0.1) is 0 Å². The van der Waals surface area contributed by atoms with Gasteiger partial charge in [0.15, 0.2) is 0 Å². The van der Waals surface area contributed by atoms with Crippen LogP contribution in [-0.4, -0.2) is 57.2 Å². The number of aliphatic hydroxyl groups excluding tert-OH is 2. The van der Waals surface area contributed by atoms with Crippen LogP contribution in [0.3, 0.4) is 0 Å². The third kappa shape index (κ3) is 2.93. The van der Waals surface area contributed by atoms with E-state index in [0.29, 0.717) is 35.5 Å². The van der Waals surface area contributed by atoms with Crippen LogP contribution in [0.25, 0.3) is 0 Å². The fourth-order valence-electron chi connectivity index (χ4n) is 10.1. The van der Waals surface area contributed by atoms with Gasteiger partial charge in [0.1, 0.15) is 0 Å². The zero-order valence-electron chi connectivity index (χ0n) is 19.7. The van der Waals surface area contributed by atoms with Crippen molar-refractivity contribution >= 4 is 0 Å². The van der Waals surface area contributed by atoms with Crippen LogP contribution in [0.5, 0.6) is 0 Å². The van der Waals surface area contributed by atoms with Gasteiger partial charge in [-0.1, -0.05) is 25.5 Å². The molecule has 4 aliphatic carbocycles. The fourth-order valence-corrected chi connectivity index (χ4v) is 10.1. The lowest BCUT2D eigenvalue weighted by molar-refractivity contribution is -0.208. The molecule has 0 aromatic heterocycles. The average Bonchev–Trinajstić information content (AvgIpc) is 3.08. The van der Waals surface area contributed by atoms with E-state index in [2.05, 4.69) is 24.8 Å². The predicted molar refractivity (Wildman–Crippen MR) is 121 cm³/mol. The maximum absolute atomic E-state index is 11.8. The highest BCUT2D eigenvalue weighted by atomic mass is 16.3. The van der Waals surface area contributed by atoms with Crippen LogP contribution in [0.15, 0.2) is 11.6 Å². The topological polar surface area (TPSA) is 63.9 Å². The van der Waals surface area contributed by atoms with Gasteiger partial charge in [0.25, 0.3) is 0 Å². The molecule has 2 saturated heterocycles. The highest BCUT2D eigenvalue weighted by Gasteiger charge is 2.64. The van der Waals surface area contributed by atoms with E-state index < -0.39 is 5.60 Å². The van der Waals surface area contributed by atoms with E-state index in [-0.39, 0.29) is 29.6 Å². The number of hydrogen-bond acceptors (Lipinski definition) is 4. The summed E-state index contributed by atoms with van der Waals surface area (Å²) >= 11 is 0. The number of piperidine rings is 2. The van der Waals surface area contributed by atoms with E-state index in [1.807, 2.05) is 6.92 Å². The lowest BCUT2D eigenvalue weighted by Gasteiger charge is -2.61. The second kappa shape index (κ2) is 7.04. The quantitative estimate of drug-likeness (QED) is 0.515. The zero-order chi connectivity index (χ0) is 21.7. The largest absolute Gasteiger partial charge is 0.393 e. The molecular weight excluding hydrogens is 386 g/mol. The van der Waals surface area contributed by atoms with Crippen LogP contribution in [0.1, 0.15) is 72.1 Å². The smallest absolute Gasteiger partial charge is 0.0830 e. The molecule has 12 atom stereocenters. The molecule has 6 rings (SSSR count). The van der Waals surface area contributed by atoms with Crippen molar-refractivity contribution in [2.45, 2.75) is 96.0 Å². The second-order valence-corrected chi connectivity index (χ2v) is 13.0. The van der Waals surface area contributed by atoms with Gasteiger partial charge in [0.05, 0.1) is 17.8 Å². The number of fused-ring (bicyclic) bond motifs is 8. The van der Waals surface area contributed by atoms with Crippen LogP contribution in [0.2, 0.25) is 0 Å². The van der Waals surface area contributed by atoms with Gasteiger partial charge in [-0.25, -0.2) is 0 Å². The van der Waals surface area contributed by atoms with Crippen molar-refractivity contribution in [3.05, 3.63) is 11.6 Å². The summed E-state index contributed by atoms with van der Waals surface area (Å²) in [5.41, 5.74) is 0.965. The number of hydrogen-bond donors (Lipinski definition) is 3. The van der Waals surface area contributed by atoms with Crippen molar-refractivity contribution in [3.8, 4) is 0 Å². The minimum atomic E-state index is -0.788. The molecule has 0 spiro atoms. The number of rotatable bonds is 0. The Morgan fingerprint density at radius 1 is 0.968 bits per heavy atom. The molecule has 3 saturated carbocycles. The van der Waals surface area contributed by atoms with Gasteiger partial charge >= 0.3 is 0 Å². The predicted octanol–water partition coefficient (Wildman–Crippen LogP) is 3.60. The minimum absolute atomic E-state index is 0.0250. The summed E-state index contributed by atoms with van der Waals surface area (Å²) in [6.45, 7) is 9.05. The van der Waals surface area contributed by atoms with E-state index >= 15 is 0 Å². The second-order valence-electron chi connectivity index (χ2n) is 13.0. The summed E-state index contributed by atoms with van der Waals surface area (Å²) in [4.78, 5) is 2.61. The summed E-state index contributed by atoms with van der Waals surface area (Å²) in [7, 11) is 0. The molecule has 4 heteroatoms. The first-order chi connectivity index (χ1) is 14.7.